The summed E-state index contributed by atoms with van der Waals surface area (Å²) in [6.07, 6.45) is 5.20. The topological polar surface area (TPSA) is 40.5 Å². The molecule has 0 radical (unpaired) electrons. The predicted molar refractivity (Wildman–Crippen MR) is 56.3 cm³/mol. The first kappa shape index (κ1) is 11.5. The Labute approximate surface area is 86.1 Å². The van der Waals surface area contributed by atoms with Crippen LogP contribution >= 0.6 is 0 Å². The third-order valence-electron chi connectivity index (χ3n) is 3.01. The van der Waals surface area contributed by atoms with E-state index in [-0.39, 0.29) is 0 Å². The SMILES string of the molecule is CCC(CC(=O)O)CN1CCCCC1. The van der Waals surface area contributed by atoms with Crippen LogP contribution in [0.15, 0.2) is 0 Å². The minimum Gasteiger partial charge on any atom is -0.481 e. The predicted octanol–water partition coefficient (Wildman–Crippen LogP) is 1.97. The Morgan fingerprint density at radius 2 is 2.00 bits per heavy atom. The minimum absolute atomic E-state index is 0.326. The van der Waals surface area contributed by atoms with Crippen molar-refractivity contribution in [3.8, 4) is 0 Å². The van der Waals surface area contributed by atoms with Crippen LogP contribution in [0, 0.1) is 5.92 Å². The van der Waals surface area contributed by atoms with E-state index in [1.54, 1.807) is 0 Å². The van der Waals surface area contributed by atoms with Gasteiger partial charge in [0.05, 0.1) is 0 Å². The molecule has 1 unspecified atom stereocenters. The van der Waals surface area contributed by atoms with E-state index in [0.717, 1.165) is 26.1 Å². The van der Waals surface area contributed by atoms with E-state index in [0.29, 0.717) is 12.3 Å². The average molecular weight is 199 g/mol. The summed E-state index contributed by atoms with van der Waals surface area (Å²) in [5.74, 6) is -0.320. The molecule has 3 heteroatoms. The van der Waals surface area contributed by atoms with Crippen molar-refractivity contribution in [1.82, 2.24) is 4.90 Å². The maximum atomic E-state index is 10.6. The summed E-state index contributed by atoms with van der Waals surface area (Å²) in [6.45, 7) is 5.38. The van der Waals surface area contributed by atoms with E-state index >= 15 is 0 Å². The van der Waals surface area contributed by atoms with Gasteiger partial charge in [0.2, 0.25) is 0 Å². The summed E-state index contributed by atoms with van der Waals surface area (Å²) in [5, 5.41) is 8.73. The van der Waals surface area contributed by atoms with Gasteiger partial charge in [0.1, 0.15) is 0 Å². The zero-order chi connectivity index (χ0) is 10.4. The number of hydrogen-bond acceptors (Lipinski definition) is 2. The molecule has 0 saturated carbocycles. The largest absolute Gasteiger partial charge is 0.481 e. The first-order valence-corrected chi connectivity index (χ1v) is 5.66. The molecular formula is C11H21NO2. The van der Waals surface area contributed by atoms with Gasteiger partial charge in [-0.3, -0.25) is 4.79 Å². The fraction of sp³-hybridized carbons (Fsp3) is 0.909. The highest BCUT2D eigenvalue weighted by Crippen LogP contribution is 2.15. The van der Waals surface area contributed by atoms with Crippen molar-refractivity contribution in [2.24, 2.45) is 5.92 Å². The Bertz CT molecular complexity index is 176. The first-order valence-electron chi connectivity index (χ1n) is 5.66. The number of nitrogens with zero attached hydrogens (tertiary/aromatic N) is 1. The normalized spacial score (nSPS) is 20.6. The van der Waals surface area contributed by atoms with Crippen LogP contribution in [0.2, 0.25) is 0 Å². The number of hydrogen-bond donors (Lipinski definition) is 1. The zero-order valence-corrected chi connectivity index (χ0v) is 9.04. The molecule has 1 atom stereocenters. The third-order valence-corrected chi connectivity index (χ3v) is 3.01. The molecular weight excluding hydrogens is 178 g/mol. The van der Waals surface area contributed by atoms with Crippen LogP contribution < -0.4 is 0 Å². The number of carboxylic acids is 1. The summed E-state index contributed by atoms with van der Waals surface area (Å²) < 4.78 is 0. The number of aliphatic carboxylic acids is 1. The van der Waals surface area contributed by atoms with E-state index in [9.17, 15) is 4.79 Å². The Morgan fingerprint density at radius 1 is 1.36 bits per heavy atom. The van der Waals surface area contributed by atoms with Crippen molar-refractivity contribution in [1.29, 1.82) is 0 Å². The van der Waals surface area contributed by atoms with E-state index in [4.69, 9.17) is 5.11 Å². The van der Waals surface area contributed by atoms with Crippen LogP contribution in [0.3, 0.4) is 0 Å². The van der Waals surface area contributed by atoms with E-state index in [1.165, 1.54) is 19.3 Å². The van der Waals surface area contributed by atoms with Gasteiger partial charge in [0.15, 0.2) is 0 Å². The van der Waals surface area contributed by atoms with Crippen molar-refractivity contribution in [3.05, 3.63) is 0 Å². The zero-order valence-electron chi connectivity index (χ0n) is 9.04. The van der Waals surface area contributed by atoms with Gasteiger partial charge in [-0.2, -0.15) is 0 Å². The van der Waals surface area contributed by atoms with Crippen LogP contribution in [0.1, 0.15) is 39.0 Å². The van der Waals surface area contributed by atoms with Crippen molar-refractivity contribution in [2.75, 3.05) is 19.6 Å². The molecule has 0 aromatic carbocycles. The minimum atomic E-state index is -0.658. The van der Waals surface area contributed by atoms with Crippen molar-refractivity contribution in [3.63, 3.8) is 0 Å². The molecule has 1 saturated heterocycles. The first-order chi connectivity index (χ1) is 6.72. The number of carbonyl (C=O) groups is 1. The number of rotatable bonds is 5. The van der Waals surface area contributed by atoms with Gasteiger partial charge >= 0.3 is 5.97 Å². The average Bonchev–Trinajstić information content (AvgIpc) is 2.17. The van der Waals surface area contributed by atoms with Gasteiger partial charge in [-0.15, -0.1) is 0 Å². The Hall–Kier alpha value is -0.570. The van der Waals surface area contributed by atoms with E-state index in [2.05, 4.69) is 11.8 Å². The molecule has 1 heterocycles. The summed E-state index contributed by atoms with van der Waals surface area (Å²) in [5.41, 5.74) is 0. The molecule has 0 aromatic rings. The van der Waals surface area contributed by atoms with E-state index in [1.807, 2.05) is 0 Å². The Morgan fingerprint density at radius 3 is 2.50 bits per heavy atom. The lowest BCUT2D eigenvalue weighted by Gasteiger charge is -2.29. The van der Waals surface area contributed by atoms with Gasteiger partial charge < -0.3 is 10.0 Å². The van der Waals surface area contributed by atoms with Crippen molar-refractivity contribution < 1.29 is 9.90 Å². The van der Waals surface area contributed by atoms with Crippen LogP contribution in [0.4, 0.5) is 0 Å². The smallest absolute Gasteiger partial charge is 0.303 e. The highest BCUT2D eigenvalue weighted by atomic mass is 16.4. The molecule has 1 rings (SSSR count). The molecule has 82 valence electrons. The Kier molecular flexibility index (Phi) is 4.94. The second-order valence-electron chi connectivity index (χ2n) is 4.23. The molecule has 1 aliphatic heterocycles. The molecule has 1 N–H and O–H groups in total. The van der Waals surface area contributed by atoms with Gasteiger partial charge in [0, 0.05) is 13.0 Å². The lowest BCUT2D eigenvalue weighted by molar-refractivity contribution is -0.138. The molecule has 0 aromatic heterocycles. The van der Waals surface area contributed by atoms with Gasteiger partial charge in [0.25, 0.3) is 0 Å². The van der Waals surface area contributed by atoms with Gasteiger partial charge in [-0.1, -0.05) is 19.8 Å². The second kappa shape index (κ2) is 6.02. The van der Waals surface area contributed by atoms with Crippen molar-refractivity contribution >= 4 is 5.97 Å². The fourth-order valence-electron chi connectivity index (χ4n) is 2.09. The summed E-state index contributed by atoms with van der Waals surface area (Å²) in [4.78, 5) is 13.0. The molecule has 0 spiro atoms. The molecule has 0 amide bonds. The summed E-state index contributed by atoms with van der Waals surface area (Å²) in [7, 11) is 0. The Balaban J connectivity index is 2.27. The van der Waals surface area contributed by atoms with Crippen LogP contribution in [0.25, 0.3) is 0 Å². The molecule has 14 heavy (non-hydrogen) atoms. The maximum absolute atomic E-state index is 10.6. The maximum Gasteiger partial charge on any atom is 0.303 e. The summed E-state index contributed by atoms with van der Waals surface area (Å²) >= 11 is 0. The highest BCUT2D eigenvalue weighted by molar-refractivity contribution is 5.67. The number of likely N-dealkylation sites (tertiary alicyclic amines) is 1. The second-order valence-corrected chi connectivity index (χ2v) is 4.23. The molecule has 0 bridgehead atoms. The number of piperidine rings is 1. The fourth-order valence-corrected chi connectivity index (χ4v) is 2.09. The van der Waals surface area contributed by atoms with Crippen LogP contribution in [0.5, 0.6) is 0 Å². The lowest BCUT2D eigenvalue weighted by Crippen LogP contribution is -2.34. The van der Waals surface area contributed by atoms with Gasteiger partial charge in [-0.25, -0.2) is 0 Å². The molecule has 1 fully saturated rings. The lowest BCUT2D eigenvalue weighted by atomic mass is 10.0. The molecule has 3 nitrogen and oxygen atoms in total. The van der Waals surface area contributed by atoms with Gasteiger partial charge in [-0.05, 0) is 31.8 Å². The third kappa shape index (κ3) is 4.09. The van der Waals surface area contributed by atoms with E-state index < -0.39 is 5.97 Å². The van der Waals surface area contributed by atoms with Crippen LogP contribution in [-0.4, -0.2) is 35.6 Å². The monoisotopic (exact) mass is 199 g/mol. The standard InChI is InChI=1S/C11H21NO2/c1-2-10(8-11(13)14)9-12-6-4-3-5-7-12/h10H,2-9H2,1H3,(H,13,14). The molecule has 0 aliphatic carbocycles. The summed E-state index contributed by atoms with van der Waals surface area (Å²) in [6, 6.07) is 0. The number of carboxylic acid groups (broad SMARTS) is 1. The molecule has 1 aliphatic rings. The van der Waals surface area contributed by atoms with Crippen LogP contribution in [-0.2, 0) is 4.79 Å². The highest BCUT2D eigenvalue weighted by Gasteiger charge is 2.17. The van der Waals surface area contributed by atoms with Crippen molar-refractivity contribution in [2.45, 2.75) is 39.0 Å². The quantitative estimate of drug-likeness (QED) is 0.736.